The van der Waals surface area contributed by atoms with E-state index in [9.17, 15) is 13.2 Å². The van der Waals surface area contributed by atoms with Crippen LogP contribution >= 0.6 is 11.6 Å². The standard InChI is InChI=1S/C15H21ClN2O4S/c1-15(2)10-22-8-7-18(15)14(19)12-9-11(5-6-13(12)16)23(20,21)17(3)4/h5-6,9H,7-8,10H2,1-4H3. The van der Waals surface area contributed by atoms with Crippen LogP contribution in [0, 0.1) is 0 Å². The number of rotatable bonds is 3. The van der Waals surface area contributed by atoms with Gasteiger partial charge >= 0.3 is 0 Å². The molecule has 23 heavy (non-hydrogen) atoms. The fourth-order valence-electron chi connectivity index (χ4n) is 2.42. The Morgan fingerprint density at radius 2 is 2.00 bits per heavy atom. The monoisotopic (exact) mass is 360 g/mol. The molecule has 1 saturated heterocycles. The molecule has 2 rings (SSSR count). The Kier molecular flexibility index (Phi) is 5.06. The SMILES string of the molecule is CN(C)S(=O)(=O)c1ccc(Cl)c(C(=O)N2CCOCC2(C)C)c1. The minimum absolute atomic E-state index is 0.0429. The summed E-state index contributed by atoms with van der Waals surface area (Å²) in [5, 5.41) is 0.231. The average Bonchev–Trinajstić information content (AvgIpc) is 2.46. The van der Waals surface area contributed by atoms with E-state index in [1.807, 2.05) is 13.8 Å². The number of nitrogens with zero attached hydrogens (tertiary/aromatic N) is 2. The van der Waals surface area contributed by atoms with Gasteiger partial charge in [0.1, 0.15) is 0 Å². The summed E-state index contributed by atoms with van der Waals surface area (Å²) in [6.45, 7) is 5.11. The molecular formula is C15H21ClN2O4S. The van der Waals surface area contributed by atoms with Gasteiger partial charge in [0.25, 0.3) is 5.91 Å². The summed E-state index contributed by atoms with van der Waals surface area (Å²) in [5.74, 6) is -0.292. The third kappa shape index (κ3) is 3.52. The average molecular weight is 361 g/mol. The van der Waals surface area contributed by atoms with Crippen molar-refractivity contribution in [3.8, 4) is 0 Å². The summed E-state index contributed by atoms with van der Waals surface area (Å²) < 4.78 is 31.0. The van der Waals surface area contributed by atoms with Crippen molar-refractivity contribution in [2.75, 3.05) is 33.9 Å². The highest BCUT2D eigenvalue weighted by Crippen LogP contribution is 2.27. The van der Waals surface area contributed by atoms with Crippen LogP contribution in [0.25, 0.3) is 0 Å². The zero-order valence-corrected chi connectivity index (χ0v) is 15.2. The lowest BCUT2D eigenvalue weighted by Crippen LogP contribution is -2.55. The smallest absolute Gasteiger partial charge is 0.256 e. The van der Waals surface area contributed by atoms with Gasteiger partial charge in [-0.25, -0.2) is 12.7 Å². The van der Waals surface area contributed by atoms with E-state index in [-0.39, 0.29) is 21.4 Å². The molecule has 0 N–H and O–H groups in total. The van der Waals surface area contributed by atoms with Crippen molar-refractivity contribution in [1.82, 2.24) is 9.21 Å². The number of carbonyl (C=O) groups excluding carboxylic acids is 1. The Morgan fingerprint density at radius 3 is 2.57 bits per heavy atom. The van der Waals surface area contributed by atoms with E-state index in [4.69, 9.17) is 16.3 Å². The van der Waals surface area contributed by atoms with Gasteiger partial charge in [-0.15, -0.1) is 0 Å². The van der Waals surface area contributed by atoms with Crippen LogP contribution in [0.3, 0.4) is 0 Å². The van der Waals surface area contributed by atoms with Crippen LogP contribution in [0.1, 0.15) is 24.2 Å². The molecule has 0 saturated carbocycles. The molecule has 1 heterocycles. The Bertz CT molecular complexity index is 716. The molecule has 0 aliphatic carbocycles. The van der Waals surface area contributed by atoms with Crippen molar-refractivity contribution in [2.45, 2.75) is 24.3 Å². The first-order valence-electron chi connectivity index (χ1n) is 7.19. The molecule has 0 radical (unpaired) electrons. The number of halogens is 1. The van der Waals surface area contributed by atoms with E-state index in [0.717, 1.165) is 4.31 Å². The van der Waals surface area contributed by atoms with Crippen LogP contribution in [0.4, 0.5) is 0 Å². The van der Waals surface area contributed by atoms with Crippen LogP contribution in [-0.4, -0.2) is 62.9 Å². The van der Waals surface area contributed by atoms with Gasteiger partial charge in [0.15, 0.2) is 0 Å². The highest BCUT2D eigenvalue weighted by Gasteiger charge is 2.35. The van der Waals surface area contributed by atoms with Crippen molar-refractivity contribution in [1.29, 1.82) is 0 Å². The second-order valence-corrected chi connectivity index (χ2v) is 8.81. The zero-order chi connectivity index (χ0) is 17.4. The number of hydrogen-bond acceptors (Lipinski definition) is 4. The summed E-state index contributed by atoms with van der Waals surface area (Å²) in [4.78, 5) is 14.6. The molecule has 0 unspecified atom stereocenters. The lowest BCUT2D eigenvalue weighted by Gasteiger charge is -2.42. The first kappa shape index (κ1) is 18.2. The Hall–Kier alpha value is -1.15. The van der Waals surface area contributed by atoms with Crippen LogP contribution in [0.15, 0.2) is 23.1 Å². The quantitative estimate of drug-likeness (QED) is 0.825. The number of morpholine rings is 1. The van der Waals surface area contributed by atoms with Gasteiger partial charge in [0.2, 0.25) is 10.0 Å². The molecule has 1 fully saturated rings. The summed E-state index contributed by atoms with van der Waals surface area (Å²) in [7, 11) is -0.748. The molecule has 128 valence electrons. The lowest BCUT2D eigenvalue weighted by molar-refractivity contribution is -0.0370. The summed E-state index contributed by atoms with van der Waals surface area (Å²) in [5.41, 5.74) is -0.292. The van der Waals surface area contributed by atoms with E-state index < -0.39 is 15.6 Å². The maximum absolute atomic E-state index is 12.9. The molecule has 0 aromatic heterocycles. The van der Waals surface area contributed by atoms with E-state index >= 15 is 0 Å². The lowest BCUT2D eigenvalue weighted by atomic mass is 10.0. The van der Waals surface area contributed by atoms with E-state index in [1.54, 1.807) is 4.90 Å². The highest BCUT2D eigenvalue weighted by atomic mass is 35.5. The van der Waals surface area contributed by atoms with Gasteiger partial charge in [0, 0.05) is 20.6 Å². The maximum atomic E-state index is 12.9. The van der Waals surface area contributed by atoms with E-state index in [0.29, 0.717) is 19.8 Å². The Labute approximate surface area is 142 Å². The van der Waals surface area contributed by atoms with Gasteiger partial charge < -0.3 is 9.64 Å². The summed E-state index contributed by atoms with van der Waals surface area (Å²) >= 11 is 6.15. The molecule has 1 aliphatic heterocycles. The molecule has 1 aromatic rings. The number of ether oxygens (including phenoxy) is 1. The van der Waals surface area contributed by atoms with E-state index in [2.05, 4.69) is 0 Å². The number of amides is 1. The number of carbonyl (C=O) groups is 1. The summed E-state index contributed by atoms with van der Waals surface area (Å²) in [6.07, 6.45) is 0. The largest absolute Gasteiger partial charge is 0.377 e. The highest BCUT2D eigenvalue weighted by molar-refractivity contribution is 7.89. The normalized spacial score (nSPS) is 18.3. The number of hydrogen-bond donors (Lipinski definition) is 0. The van der Waals surface area contributed by atoms with E-state index in [1.165, 1.54) is 32.3 Å². The van der Waals surface area contributed by atoms with Gasteiger partial charge in [-0.2, -0.15) is 0 Å². The molecule has 0 spiro atoms. The van der Waals surface area contributed by atoms with Crippen molar-refractivity contribution < 1.29 is 17.9 Å². The van der Waals surface area contributed by atoms with Crippen molar-refractivity contribution in [3.63, 3.8) is 0 Å². The third-order valence-corrected chi connectivity index (χ3v) is 5.98. The first-order chi connectivity index (χ1) is 10.6. The minimum atomic E-state index is -3.63. The van der Waals surface area contributed by atoms with Crippen LogP contribution < -0.4 is 0 Å². The maximum Gasteiger partial charge on any atom is 0.256 e. The predicted molar refractivity (Wildman–Crippen MR) is 88.3 cm³/mol. The topological polar surface area (TPSA) is 66.9 Å². The third-order valence-electron chi connectivity index (χ3n) is 3.84. The van der Waals surface area contributed by atoms with Crippen LogP contribution in [0.2, 0.25) is 5.02 Å². The van der Waals surface area contributed by atoms with Gasteiger partial charge in [-0.05, 0) is 32.0 Å². The molecule has 0 atom stereocenters. The second-order valence-electron chi connectivity index (χ2n) is 6.25. The van der Waals surface area contributed by atoms with Crippen molar-refractivity contribution in [3.05, 3.63) is 28.8 Å². The van der Waals surface area contributed by atoms with Gasteiger partial charge in [0.05, 0.1) is 34.2 Å². The summed E-state index contributed by atoms with van der Waals surface area (Å²) in [6, 6.07) is 4.18. The number of sulfonamides is 1. The molecule has 1 aliphatic rings. The van der Waals surface area contributed by atoms with Gasteiger partial charge in [-0.3, -0.25) is 4.79 Å². The molecular weight excluding hydrogens is 340 g/mol. The fraction of sp³-hybridized carbons (Fsp3) is 0.533. The fourth-order valence-corrected chi connectivity index (χ4v) is 3.55. The predicted octanol–water partition coefficient (Wildman–Crippen LogP) is 1.84. The molecule has 6 nitrogen and oxygen atoms in total. The van der Waals surface area contributed by atoms with Crippen LogP contribution in [-0.2, 0) is 14.8 Å². The van der Waals surface area contributed by atoms with Gasteiger partial charge in [-0.1, -0.05) is 11.6 Å². The molecule has 0 bridgehead atoms. The van der Waals surface area contributed by atoms with Crippen molar-refractivity contribution in [2.24, 2.45) is 0 Å². The molecule has 1 aromatic carbocycles. The van der Waals surface area contributed by atoms with Crippen molar-refractivity contribution >= 4 is 27.5 Å². The molecule has 1 amide bonds. The van der Waals surface area contributed by atoms with Crippen LogP contribution in [0.5, 0.6) is 0 Å². The minimum Gasteiger partial charge on any atom is -0.377 e. The molecule has 8 heteroatoms. The Balaban J connectivity index is 2.45. The number of benzene rings is 1. The zero-order valence-electron chi connectivity index (χ0n) is 13.7. The Morgan fingerprint density at radius 1 is 1.35 bits per heavy atom. The first-order valence-corrected chi connectivity index (χ1v) is 9.01. The second kappa shape index (κ2) is 6.39.